The number of carboxylic acids is 1. The molecule has 1 fully saturated rings. The average molecular weight is 427 g/mol. The number of nitrogen functional groups attached to an aromatic ring is 1. The molecule has 3 heterocycles. The number of aliphatic carboxylic acids is 1. The van der Waals surface area contributed by atoms with Crippen molar-refractivity contribution in [2.75, 3.05) is 26.6 Å². The molecule has 0 unspecified atom stereocenters. The third-order valence-electron chi connectivity index (χ3n) is 4.06. The number of oxime groups is 1. The smallest absolute Gasteiger partial charge is 0.330 e. The van der Waals surface area contributed by atoms with Crippen molar-refractivity contribution in [3.63, 3.8) is 0 Å². The summed E-state index contributed by atoms with van der Waals surface area (Å²) in [5, 5.41) is 18.6. The van der Waals surface area contributed by atoms with Gasteiger partial charge in [-0.2, -0.15) is 0 Å². The Kier molecular flexibility index (Phi) is 5.86. The van der Waals surface area contributed by atoms with Gasteiger partial charge in [0.05, 0.1) is 6.61 Å². The van der Waals surface area contributed by atoms with Crippen LogP contribution in [0.3, 0.4) is 0 Å². The normalized spacial score (nSPS) is 24.1. The monoisotopic (exact) mass is 427 g/mol. The number of ether oxygens (including phenoxy) is 1. The van der Waals surface area contributed by atoms with Crippen molar-refractivity contribution in [2.24, 2.45) is 5.16 Å². The lowest BCUT2D eigenvalue weighted by atomic mass is 9.98. The summed E-state index contributed by atoms with van der Waals surface area (Å²) in [5.74, 6) is -2.34. The second kappa shape index (κ2) is 8.16. The van der Waals surface area contributed by atoms with E-state index in [2.05, 4.69) is 15.5 Å². The number of carbonyl (C=O) groups excluding carboxylic acids is 2. The molecule has 2 aliphatic rings. The third kappa shape index (κ3) is 3.55. The molecule has 11 nitrogen and oxygen atoms in total. The second-order valence-electron chi connectivity index (χ2n) is 5.78. The predicted molar refractivity (Wildman–Crippen MR) is 102 cm³/mol. The van der Waals surface area contributed by atoms with Crippen LogP contribution in [0.2, 0.25) is 0 Å². The average Bonchev–Trinajstić information content (AvgIpc) is 3.09. The Bertz CT molecular complexity index is 869. The molecular formula is C15H17N5O6S2. The largest absolute Gasteiger partial charge is 0.479 e. The Hall–Kier alpha value is -2.64. The van der Waals surface area contributed by atoms with Gasteiger partial charge in [-0.3, -0.25) is 9.59 Å². The maximum Gasteiger partial charge on any atom is 0.330 e. The van der Waals surface area contributed by atoms with Crippen molar-refractivity contribution in [2.45, 2.75) is 17.5 Å². The zero-order chi connectivity index (χ0) is 20.4. The Morgan fingerprint density at radius 2 is 2.21 bits per heavy atom. The Morgan fingerprint density at radius 3 is 2.79 bits per heavy atom. The molecule has 28 heavy (non-hydrogen) atoms. The second-order valence-corrected chi connectivity index (χ2v) is 7.66. The summed E-state index contributed by atoms with van der Waals surface area (Å²) in [7, 11) is 2.72. The summed E-state index contributed by atoms with van der Waals surface area (Å²) in [6.45, 7) is 0.0907. The van der Waals surface area contributed by atoms with E-state index in [-0.39, 0.29) is 23.1 Å². The van der Waals surface area contributed by atoms with E-state index in [1.165, 1.54) is 36.3 Å². The fourth-order valence-corrected chi connectivity index (χ4v) is 4.65. The van der Waals surface area contributed by atoms with Crippen LogP contribution in [-0.2, 0) is 24.0 Å². The van der Waals surface area contributed by atoms with Crippen molar-refractivity contribution >= 4 is 51.7 Å². The van der Waals surface area contributed by atoms with Crippen molar-refractivity contribution < 1.29 is 29.1 Å². The molecular weight excluding hydrogens is 410 g/mol. The molecule has 1 saturated heterocycles. The first-order chi connectivity index (χ1) is 13.4. The number of hydrogen-bond donors (Lipinski definition) is 3. The fraction of sp³-hybridized carbons (Fsp3) is 0.400. The first kappa shape index (κ1) is 20.1. The fourth-order valence-electron chi connectivity index (χ4n) is 2.90. The molecule has 3 atom stereocenters. The molecule has 3 rings (SSSR count). The van der Waals surface area contributed by atoms with E-state index < -0.39 is 35.2 Å². The molecule has 13 heteroatoms. The van der Waals surface area contributed by atoms with Gasteiger partial charge in [-0.05, 0) is 11.0 Å². The lowest BCUT2D eigenvalue weighted by molar-refractivity contribution is -0.160. The van der Waals surface area contributed by atoms with E-state index in [0.717, 1.165) is 11.3 Å². The molecule has 2 aliphatic heterocycles. The number of nitrogens with two attached hydrogens (primary N) is 1. The predicted octanol–water partition coefficient (Wildman–Crippen LogP) is -0.541. The van der Waals surface area contributed by atoms with Crippen LogP contribution < -0.4 is 11.1 Å². The van der Waals surface area contributed by atoms with Gasteiger partial charge in [0.25, 0.3) is 5.91 Å². The minimum absolute atomic E-state index is 0.0907. The van der Waals surface area contributed by atoms with Crippen LogP contribution in [0.1, 0.15) is 5.69 Å². The van der Waals surface area contributed by atoms with Crippen LogP contribution in [0, 0.1) is 0 Å². The Balaban J connectivity index is 1.77. The number of nitrogens with zero attached hydrogens (tertiary/aromatic N) is 3. The standard InChI is InChI=1S/C15H17N5O6S2/c1-25-3-6-4-27-13-9(12(22)20(13)10(6)14(23)24)18-11(21)8(19-26-2)7-5-28-15(16)17-7/h4-5,9-10,13H,3H2,1-2H3,(H2,16,17)(H,18,21)(H,23,24)/b19-8-/t9-,10-,13-/m1/s1. The number of carboxylic acid groups (broad SMARTS) is 1. The maximum atomic E-state index is 12.6. The summed E-state index contributed by atoms with van der Waals surface area (Å²) in [4.78, 5) is 46.7. The highest BCUT2D eigenvalue weighted by molar-refractivity contribution is 8.02. The van der Waals surface area contributed by atoms with Gasteiger partial charge in [0.2, 0.25) is 5.91 Å². The minimum atomic E-state index is -1.16. The molecule has 0 bridgehead atoms. The van der Waals surface area contributed by atoms with Crippen LogP contribution in [0.15, 0.2) is 21.5 Å². The van der Waals surface area contributed by atoms with Crippen molar-refractivity contribution in [1.82, 2.24) is 15.2 Å². The number of anilines is 1. The summed E-state index contributed by atoms with van der Waals surface area (Å²) in [6, 6.07) is -2.03. The maximum absolute atomic E-state index is 12.6. The number of hydrogen-bond acceptors (Lipinski definition) is 10. The summed E-state index contributed by atoms with van der Waals surface area (Å²) >= 11 is 2.37. The van der Waals surface area contributed by atoms with Gasteiger partial charge in [-0.15, -0.1) is 23.1 Å². The van der Waals surface area contributed by atoms with E-state index in [4.69, 9.17) is 15.3 Å². The van der Waals surface area contributed by atoms with E-state index in [1.807, 2.05) is 0 Å². The number of carbonyl (C=O) groups is 3. The molecule has 2 amide bonds. The number of nitrogens with one attached hydrogen (secondary N) is 1. The first-order valence-electron chi connectivity index (χ1n) is 7.90. The lowest BCUT2D eigenvalue weighted by Crippen LogP contribution is -2.74. The number of aromatic nitrogens is 1. The molecule has 150 valence electrons. The first-order valence-corrected chi connectivity index (χ1v) is 9.73. The van der Waals surface area contributed by atoms with Crippen LogP contribution in [-0.4, -0.2) is 76.8 Å². The molecule has 0 aromatic carbocycles. The number of thiazole rings is 1. The molecule has 1 aromatic heterocycles. The van der Waals surface area contributed by atoms with Gasteiger partial charge >= 0.3 is 5.97 Å². The highest BCUT2D eigenvalue weighted by Gasteiger charge is 2.56. The molecule has 1 aromatic rings. The van der Waals surface area contributed by atoms with Crippen molar-refractivity contribution in [1.29, 1.82) is 0 Å². The van der Waals surface area contributed by atoms with Crippen LogP contribution in [0.5, 0.6) is 0 Å². The number of amides is 2. The van der Waals surface area contributed by atoms with E-state index >= 15 is 0 Å². The SMILES string of the molecule is COCC1=CS[C@@H]2[C@H](NC(=O)/C(=N\OC)c3csc(N)n3)C(=O)N2[C@H]1C(=O)O. The summed E-state index contributed by atoms with van der Waals surface area (Å²) in [5.41, 5.74) is 6.14. The third-order valence-corrected chi connectivity index (χ3v) is 5.95. The Labute approximate surface area is 167 Å². The number of fused-ring (bicyclic) bond motifs is 1. The highest BCUT2D eigenvalue weighted by atomic mass is 32.2. The van der Waals surface area contributed by atoms with Gasteiger partial charge in [0, 0.05) is 12.5 Å². The minimum Gasteiger partial charge on any atom is -0.479 e. The van der Waals surface area contributed by atoms with Gasteiger partial charge in [0.1, 0.15) is 24.2 Å². The number of β-lactam (4-membered cyclic amide) rings is 1. The molecule has 0 aliphatic carbocycles. The van der Waals surface area contributed by atoms with Gasteiger partial charge in [0.15, 0.2) is 16.9 Å². The zero-order valence-electron chi connectivity index (χ0n) is 14.8. The Morgan fingerprint density at radius 1 is 1.46 bits per heavy atom. The van der Waals surface area contributed by atoms with Gasteiger partial charge in [-0.25, -0.2) is 9.78 Å². The topological polar surface area (TPSA) is 156 Å². The number of rotatable bonds is 7. The van der Waals surface area contributed by atoms with E-state index in [0.29, 0.717) is 5.57 Å². The summed E-state index contributed by atoms with van der Waals surface area (Å²) in [6.07, 6.45) is 0. The van der Waals surface area contributed by atoms with Crippen LogP contribution >= 0.6 is 23.1 Å². The molecule has 0 radical (unpaired) electrons. The van der Waals surface area contributed by atoms with E-state index in [9.17, 15) is 19.5 Å². The van der Waals surface area contributed by atoms with Crippen molar-refractivity contribution in [3.05, 3.63) is 22.1 Å². The van der Waals surface area contributed by atoms with E-state index in [1.54, 1.807) is 5.41 Å². The molecule has 0 spiro atoms. The number of thioether (sulfide) groups is 1. The van der Waals surface area contributed by atoms with Gasteiger partial charge < -0.3 is 30.6 Å². The van der Waals surface area contributed by atoms with Gasteiger partial charge in [-0.1, -0.05) is 5.16 Å². The molecule has 4 N–H and O–H groups in total. The highest BCUT2D eigenvalue weighted by Crippen LogP contribution is 2.40. The number of methoxy groups -OCH3 is 1. The van der Waals surface area contributed by atoms with Crippen molar-refractivity contribution in [3.8, 4) is 0 Å². The lowest BCUT2D eigenvalue weighted by Gasteiger charge is -2.51. The molecule has 0 saturated carbocycles. The zero-order valence-corrected chi connectivity index (χ0v) is 16.5. The summed E-state index contributed by atoms with van der Waals surface area (Å²) < 4.78 is 5.01. The van der Waals surface area contributed by atoms with Crippen LogP contribution in [0.4, 0.5) is 5.13 Å². The van der Waals surface area contributed by atoms with Crippen LogP contribution in [0.25, 0.3) is 0 Å². The quantitative estimate of drug-likeness (QED) is 0.295.